The zero-order valence-electron chi connectivity index (χ0n) is 9.59. The van der Waals surface area contributed by atoms with Gasteiger partial charge in [0.15, 0.2) is 0 Å². The number of hydrogen-bond donors (Lipinski definition) is 4. The minimum absolute atomic E-state index is 0.460. The molecule has 6 nitrogen and oxygen atoms in total. The number of ether oxygens (including phenoxy) is 2. The largest absolute Gasteiger partial charge is 0.462 e. The summed E-state index contributed by atoms with van der Waals surface area (Å²) in [5.74, 6) is 0.460. The van der Waals surface area contributed by atoms with Gasteiger partial charge in [0.2, 0.25) is 6.29 Å². The predicted octanol–water partition coefficient (Wildman–Crippen LogP) is -1.13. The highest BCUT2D eigenvalue weighted by Gasteiger charge is 2.44. The molecule has 1 heterocycles. The van der Waals surface area contributed by atoms with Crippen molar-refractivity contribution in [1.82, 2.24) is 0 Å². The van der Waals surface area contributed by atoms with Crippen LogP contribution in [0.25, 0.3) is 0 Å². The van der Waals surface area contributed by atoms with Crippen molar-refractivity contribution in [3.63, 3.8) is 0 Å². The van der Waals surface area contributed by atoms with Crippen molar-refractivity contribution < 1.29 is 29.9 Å². The highest BCUT2D eigenvalue weighted by Crippen LogP contribution is 2.23. The molecule has 5 atom stereocenters. The molecule has 0 aliphatic carbocycles. The Morgan fingerprint density at radius 2 is 1.67 bits per heavy atom. The molecule has 2 rings (SSSR count). The van der Waals surface area contributed by atoms with Gasteiger partial charge in [-0.2, -0.15) is 0 Å². The van der Waals surface area contributed by atoms with Gasteiger partial charge in [0.1, 0.15) is 30.2 Å². The number of benzene rings is 1. The highest BCUT2D eigenvalue weighted by atomic mass is 16.7. The second-order valence-corrected chi connectivity index (χ2v) is 4.13. The van der Waals surface area contributed by atoms with E-state index in [2.05, 4.69) is 0 Å². The molecule has 18 heavy (non-hydrogen) atoms. The molecule has 0 spiro atoms. The van der Waals surface area contributed by atoms with Gasteiger partial charge >= 0.3 is 0 Å². The molecular formula is C12H16O6. The van der Waals surface area contributed by atoms with Crippen molar-refractivity contribution in [2.24, 2.45) is 0 Å². The molecule has 0 radical (unpaired) electrons. The second-order valence-electron chi connectivity index (χ2n) is 4.13. The van der Waals surface area contributed by atoms with E-state index in [9.17, 15) is 15.3 Å². The van der Waals surface area contributed by atoms with Gasteiger partial charge in [-0.3, -0.25) is 0 Å². The summed E-state index contributed by atoms with van der Waals surface area (Å²) in [5, 5.41) is 37.9. The second kappa shape index (κ2) is 5.64. The Kier molecular flexibility index (Phi) is 4.15. The molecule has 1 aromatic carbocycles. The SMILES string of the molecule is OCC1O[C@@H](Oc2ccccc2)C(O)[C@H](O)C1O. The fraction of sp³-hybridized carbons (Fsp3) is 0.500. The molecule has 1 aliphatic heterocycles. The van der Waals surface area contributed by atoms with E-state index in [-0.39, 0.29) is 0 Å². The fourth-order valence-corrected chi connectivity index (χ4v) is 1.80. The zero-order chi connectivity index (χ0) is 13.1. The smallest absolute Gasteiger partial charge is 0.229 e. The number of para-hydroxylation sites is 1. The van der Waals surface area contributed by atoms with Crippen LogP contribution in [0.4, 0.5) is 0 Å². The lowest BCUT2D eigenvalue weighted by atomic mass is 9.99. The minimum atomic E-state index is -1.43. The molecule has 100 valence electrons. The van der Waals surface area contributed by atoms with Crippen LogP contribution in [0, 0.1) is 0 Å². The summed E-state index contributed by atoms with van der Waals surface area (Å²) in [4.78, 5) is 0. The van der Waals surface area contributed by atoms with Gasteiger partial charge in [0.25, 0.3) is 0 Å². The molecule has 6 heteroatoms. The average molecular weight is 256 g/mol. The van der Waals surface area contributed by atoms with E-state index in [0.29, 0.717) is 5.75 Å². The normalized spacial score (nSPS) is 36.3. The number of aliphatic hydroxyl groups is 4. The molecule has 1 saturated heterocycles. The Labute approximate surface area is 104 Å². The molecule has 0 saturated carbocycles. The van der Waals surface area contributed by atoms with Crippen molar-refractivity contribution in [2.45, 2.75) is 30.7 Å². The van der Waals surface area contributed by atoms with E-state index >= 15 is 0 Å². The first-order valence-electron chi connectivity index (χ1n) is 5.65. The third-order valence-electron chi connectivity index (χ3n) is 2.84. The molecule has 0 bridgehead atoms. The fourth-order valence-electron chi connectivity index (χ4n) is 1.80. The summed E-state index contributed by atoms with van der Waals surface area (Å²) in [5.41, 5.74) is 0. The van der Waals surface area contributed by atoms with Gasteiger partial charge < -0.3 is 29.9 Å². The average Bonchev–Trinajstić information content (AvgIpc) is 2.40. The van der Waals surface area contributed by atoms with E-state index in [1.54, 1.807) is 30.3 Å². The molecule has 1 fully saturated rings. The maximum Gasteiger partial charge on any atom is 0.229 e. The van der Waals surface area contributed by atoms with Crippen LogP contribution in [-0.4, -0.2) is 57.7 Å². The third kappa shape index (κ3) is 2.63. The van der Waals surface area contributed by atoms with Gasteiger partial charge in [0, 0.05) is 0 Å². The van der Waals surface area contributed by atoms with Crippen molar-refractivity contribution in [2.75, 3.05) is 6.61 Å². The zero-order valence-corrected chi connectivity index (χ0v) is 9.59. The minimum Gasteiger partial charge on any atom is -0.462 e. The third-order valence-corrected chi connectivity index (χ3v) is 2.84. The molecule has 4 N–H and O–H groups in total. The Hall–Kier alpha value is -1.18. The Bertz CT molecular complexity index is 368. The van der Waals surface area contributed by atoms with Crippen molar-refractivity contribution in [3.8, 4) is 5.75 Å². The summed E-state index contributed by atoms with van der Waals surface area (Å²) < 4.78 is 10.6. The van der Waals surface area contributed by atoms with Crippen LogP contribution >= 0.6 is 0 Å². The summed E-state index contributed by atoms with van der Waals surface area (Å²) in [6, 6.07) is 8.64. The number of hydrogen-bond acceptors (Lipinski definition) is 6. The molecule has 0 amide bonds. The van der Waals surface area contributed by atoms with Crippen LogP contribution in [0.1, 0.15) is 0 Å². The van der Waals surface area contributed by atoms with Crippen LogP contribution in [0.15, 0.2) is 30.3 Å². The first kappa shape index (κ1) is 13.3. The highest BCUT2D eigenvalue weighted by molar-refractivity contribution is 5.21. The quantitative estimate of drug-likeness (QED) is 0.546. The standard InChI is InChI=1S/C12H16O6/c13-6-8-9(14)10(15)11(16)12(18-8)17-7-4-2-1-3-5-7/h1-5,8-16H,6H2/t8?,9?,10-,11?,12-/m1/s1. The van der Waals surface area contributed by atoms with E-state index in [1.165, 1.54) is 0 Å². The summed E-state index contributed by atoms with van der Waals surface area (Å²) in [7, 11) is 0. The van der Waals surface area contributed by atoms with Gasteiger partial charge in [-0.25, -0.2) is 0 Å². The van der Waals surface area contributed by atoms with Crippen molar-refractivity contribution in [3.05, 3.63) is 30.3 Å². The van der Waals surface area contributed by atoms with Crippen LogP contribution in [0.5, 0.6) is 5.75 Å². The van der Waals surface area contributed by atoms with Crippen molar-refractivity contribution >= 4 is 0 Å². The molecular weight excluding hydrogens is 240 g/mol. The van der Waals surface area contributed by atoms with Gasteiger partial charge in [-0.05, 0) is 12.1 Å². The Balaban J connectivity index is 2.08. The van der Waals surface area contributed by atoms with Crippen LogP contribution in [0.2, 0.25) is 0 Å². The molecule has 0 aromatic heterocycles. The van der Waals surface area contributed by atoms with Crippen LogP contribution < -0.4 is 4.74 Å². The predicted molar refractivity (Wildman–Crippen MR) is 60.8 cm³/mol. The number of rotatable bonds is 3. The van der Waals surface area contributed by atoms with Gasteiger partial charge in [-0.15, -0.1) is 0 Å². The lowest BCUT2D eigenvalue weighted by molar-refractivity contribution is -0.277. The Morgan fingerprint density at radius 1 is 1.00 bits per heavy atom. The maximum absolute atomic E-state index is 9.74. The lowest BCUT2D eigenvalue weighted by Gasteiger charge is -2.39. The summed E-state index contributed by atoms with van der Waals surface area (Å²) >= 11 is 0. The molecule has 1 aromatic rings. The molecule has 1 aliphatic rings. The van der Waals surface area contributed by atoms with Gasteiger partial charge in [-0.1, -0.05) is 18.2 Å². The topological polar surface area (TPSA) is 99.4 Å². The Morgan fingerprint density at radius 3 is 2.28 bits per heavy atom. The molecule has 3 unspecified atom stereocenters. The first-order chi connectivity index (χ1) is 8.63. The number of aliphatic hydroxyl groups excluding tert-OH is 4. The van der Waals surface area contributed by atoms with Gasteiger partial charge in [0.05, 0.1) is 6.61 Å². The first-order valence-corrected chi connectivity index (χ1v) is 5.65. The van der Waals surface area contributed by atoms with Crippen molar-refractivity contribution in [1.29, 1.82) is 0 Å². The summed E-state index contributed by atoms with van der Waals surface area (Å²) in [6.07, 6.45) is -6.28. The van der Waals surface area contributed by atoms with E-state index in [1.807, 2.05) is 0 Å². The van der Waals surface area contributed by atoms with E-state index in [4.69, 9.17) is 14.6 Å². The maximum atomic E-state index is 9.74. The summed E-state index contributed by atoms with van der Waals surface area (Å²) in [6.45, 7) is -0.473. The van der Waals surface area contributed by atoms with Crippen LogP contribution in [-0.2, 0) is 4.74 Å². The van der Waals surface area contributed by atoms with E-state index < -0.39 is 37.3 Å². The lowest BCUT2D eigenvalue weighted by Crippen LogP contribution is -2.60. The van der Waals surface area contributed by atoms with E-state index in [0.717, 1.165) is 0 Å². The monoisotopic (exact) mass is 256 g/mol. The van der Waals surface area contributed by atoms with Crippen LogP contribution in [0.3, 0.4) is 0 Å².